The molecule has 0 aliphatic heterocycles. The normalized spacial score (nSPS) is 12.8. The lowest BCUT2D eigenvalue weighted by Crippen LogP contribution is -2.05. The average molecular weight is 184 g/mol. The van der Waals surface area contributed by atoms with Crippen LogP contribution < -0.4 is 0 Å². The number of unbranched alkanes of at least 4 members (excludes halogenated alkanes) is 3. The number of hydrogen-bond acceptors (Lipinski definition) is 1. The van der Waals surface area contributed by atoms with Gasteiger partial charge in [0.1, 0.15) is 0 Å². The quantitative estimate of drug-likeness (QED) is 0.451. The van der Waals surface area contributed by atoms with Crippen molar-refractivity contribution < 1.29 is 5.11 Å². The van der Waals surface area contributed by atoms with Crippen LogP contribution in [0.3, 0.4) is 0 Å². The smallest absolute Gasteiger partial charge is 0.0543 e. The van der Waals surface area contributed by atoms with Crippen LogP contribution in [-0.2, 0) is 0 Å². The molecule has 0 radical (unpaired) electrons. The number of rotatable bonds is 8. The SMILES string of the molecule is C=C(C)CCC(O)CCCCCC. The van der Waals surface area contributed by atoms with Gasteiger partial charge in [0, 0.05) is 0 Å². The molecule has 0 rings (SSSR count). The molecule has 0 bridgehead atoms. The summed E-state index contributed by atoms with van der Waals surface area (Å²) < 4.78 is 0. The van der Waals surface area contributed by atoms with E-state index in [2.05, 4.69) is 13.5 Å². The van der Waals surface area contributed by atoms with Crippen molar-refractivity contribution in [2.24, 2.45) is 0 Å². The molecule has 78 valence electrons. The Morgan fingerprint density at radius 1 is 1.23 bits per heavy atom. The van der Waals surface area contributed by atoms with E-state index in [0.717, 1.165) is 19.3 Å². The summed E-state index contributed by atoms with van der Waals surface area (Å²) in [5.74, 6) is 0. The largest absolute Gasteiger partial charge is 0.393 e. The van der Waals surface area contributed by atoms with Gasteiger partial charge in [-0.25, -0.2) is 0 Å². The second-order valence-electron chi connectivity index (χ2n) is 4.00. The molecule has 1 nitrogen and oxygen atoms in total. The van der Waals surface area contributed by atoms with Crippen molar-refractivity contribution in [3.05, 3.63) is 12.2 Å². The van der Waals surface area contributed by atoms with E-state index in [1.807, 2.05) is 6.92 Å². The van der Waals surface area contributed by atoms with Gasteiger partial charge in [-0.2, -0.15) is 0 Å². The van der Waals surface area contributed by atoms with Crippen LogP contribution >= 0.6 is 0 Å². The van der Waals surface area contributed by atoms with Gasteiger partial charge in [-0.1, -0.05) is 38.2 Å². The molecule has 0 aromatic heterocycles. The topological polar surface area (TPSA) is 20.2 Å². The molecule has 1 heteroatoms. The van der Waals surface area contributed by atoms with E-state index in [9.17, 15) is 5.11 Å². The third-order valence-electron chi connectivity index (χ3n) is 2.30. The maximum atomic E-state index is 9.56. The number of hydrogen-bond donors (Lipinski definition) is 1. The lowest BCUT2D eigenvalue weighted by molar-refractivity contribution is 0.151. The summed E-state index contributed by atoms with van der Waals surface area (Å²) in [5, 5.41) is 9.56. The van der Waals surface area contributed by atoms with E-state index in [0.29, 0.717) is 0 Å². The zero-order valence-corrected chi connectivity index (χ0v) is 9.18. The molecule has 0 aliphatic carbocycles. The van der Waals surface area contributed by atoms with Gasteiger partial charge < -0.3 is 5.11 Å². The van der Waals surface area contributed by atoms with Crippen molar-refractivity contribution >= 4 is 0 Å². The number of aliphatic hydroxyl groups excluding tert-OH is 1. The minimum Gasteiger partial charge on any atom is -0.393 e. The van der Waals surface area contributed by atoms with Gasteiger partial charge in [-0.3, -0.25) is 0 Å². The van der Waals surface area contributed by atoms with Crippen LogP contribution in [0, 0.1) is 0 Å². The fraction of sp³-hybridized carbons (Fsp3) is 0.833. The van der Waals surface area contributed by atoms with Gasteiger partial charge >= 0.3 is 0 Å². The first-order valence-electron chi connectivity index (χ1n) is 5.49. The van der Waals surface area contributed by atoms with Gasteiger partial charge in [0.2, 0.25) is 0 Å². The van der Waals surface area contributed by atoms with Gasteiger partial charge in [-0.05, 0) is 26.2 Å². The Labute approximate surface area is 82.9 Å². The van der Waals surface area contributed by atoms with Crippen molar-refractivity contribution in [1.82, 2.24) is 0 Å². The molecule has 0 heterocycles. The van der Waals surface area contributed by atoms with Crippen LogP contribution in [-0.4, -0.2) is 11.2 Å². The van der Waals surface area contributed by atoms with Gasteiger partial charge in [-0.15, -0.1) is 6.58 Å². The van der Waals surface area contributed by atoms with Crippen LogP contribution in [0.25, 0.3) is 0 Å². The first kappa shape index (κ1) is 12.7. The second kappa shape index (κ2) is 8.31. The van der Waals surface area contributed by atoms with Crippen LogP contribution in [0.4, 0.5) is 0 Å². The molecule has 13 heavy (non-hydrogen) atoms. The molecular weight excluding hydrogens is 160 g/mol. The van der Waals surface area contributed by atoms with E-state index < -0.39 is 0 Å². The van der Waals surface area contributed by atoms with Crippen molar-refractivity contribution in [3.63, 3.8) is 0 Å². The molecule has 0 saturated heterocycles. The third-order valence-corrected chi connectivity index (χ3v) is 2.30. The molecule has 0 aliphatic rings. The fourth-order valence-electron chi connectivity index (χ4n) is 1.36. The lowest BCUT2D eigenvalue weighted by Gasteiger charge is -2.09. The Hall–Kier alpha value is -0.300. The molecule has 0 saturated carbocycles. The number of allylic oxidation sites excluding steroid dienone is 1. The van der Waals surface area contributed by atoms with Crippen molar-refractivity contribution in [1.29, 1.82) is 0 Å². The van der Waals surface area contributed by atoms with E-state index in [-0.39, 0.29) is 6.10 Å². The van der Waals surface area contributed by atoms with Crippen molar-refractivity contribution in [2.45, 2.75) is 64.9 Å². The summed E-state index contributed by atoms with van der Waals surface area (Å²) >= 11 is 0. The predicted molar refractivity (Wildman–Crippen MR) is 58.8 cm³/mol. The van der Waals surface area contributed by atoms with Gasteiger partial charge in [0.05, 0.1) is 6.10 Å². The first-order chi connectivity index (χ1) is 6.16. The Bertz CT molecular complexity index is 129. The molecule has 0 fully saturated rings. The summed E-state index contributed by atoms with van der Waals surface area (Å²) in [4.78, 5) is 0. The van der Waals surface area contributed by atoms with Crippen LogP contribution in [0.2, 0.25) is 0 Å². The highest BCUT2D eigenvalue weighted by atomic mass is 16.3. The third kappa shape index (κ3) is 9.62. The summed E-state index contributed by atoms with van der Waals surface area (Å²) in [7, 11) is 0. The van der Waals surface area contributed by atoms with Crippen LogP contribution in [0.1, 0.15) is 58.8 Å². The highest BCUT2D eigenvalue weighted by Gasteiger charge is 2.02. The first-order valence-corrected chi connectivity index (χ1v) is 5.49. The Balaban J connectivity index is 3.19. The van der Waals surface area contributed by atoms with Crippen LogP contribution in [0.15, 0.2) is 12.2 Å². The monoisotopic (exact) mass is 184 g/mol. The van der Waals surface area contributed by atoms with E-state index >= 15 is 0 Å². The molecule has 0 amide bonds. The molecule has 0 aromatic rings. The molecule has 1 unspecified atom stereocenters. The number of aliphatic hydroxyl groups is 1. The molecule has 0 spiro atoms. The van der Waals surface area contributed by atoms with Gasteiger partial charge in [0.25, 0.3) is 0 Å². The van der Waals surface area contributed by atoms with E-state index in [1.165, 1.54) is 31.3 Å². The lowest BCUT2D eigenvalue weighted by atomic mass is 10.0. The zero-order valence-electron chi connectivity index (χ0n) is 9.18. The maximum Gasteiger partial charge on any atom is 0.0543 e. The summed E-state index contributed by atoms with van der Waals surface area (Å²) in [6, 6.07) is 0. The van der Waals surface area contributed by atoms with E-state index in [1.54, 1.807) is 0 Å². The van der Waals surface area contributed by atoms with Crippen molar-refractivity contribution in [2.75, 3.05) is 0 Å². The zero-order chi connectivity index (χ0) is 10.1. The summed E-state index contributed by atoms with van der Waals surface area (Å²) in [5.41, 5.74) is 1.17. The molecular formula is C12H24O. The highest BCUT2D eigenvalue weighted by molar-refractivity contribution is 4.88. The summed E-state index contributed by atoms with van der Waals surface area (Å²) in [6.45, 7) is 8.05. The highest BCUT2D eigenvalue weighted by Crippen LogP contribution is 2.11. The van der Waals surface area contributed by atoms with Crippen LogP contribution in [0.5, 0.6) is 0 Å². The standard InChI is InChI=1S/C12H24O/c1-4-5-6-7-8-12(13)10-9-11(2)3/h12-13H,2,4-10H2,1,3H3. The second-order valence-corrected chi connectivity index (χ2v) is 4.00. The van der Waals surface area contributed by atoms with Crippen molar-refractivity contribution in [3.8, 4) is 0 Å². The predicted octanol–water partition coefficient (Wildman–Crippen LogP) is 3.67. The summed E-state index contributed by atoms with van der Waals surface area (Å²) in [6.07, 6.45) is 7.72. The van der Waals surface area contributed by atoms with E-state index in [4.69, 9.17) is 0 Å². The Morgan fingerprint density at radius 2 is 1.92 bits per heavy atom. The Kier molecular flexibility index (Phi) is 8.11. The fourth-order valence-corrected chi connectivity index (χ4v) is 1.36. The molecule has 0 aromatic carbocycles. The molecule has 1 N–H and O–H groups in total. The Morgan fingerprint density at radius 3 is 2.46 bits per heavy atom. The maximum absolute atomic E-state index is 9.56. The minimum atomic E-state index is -0.103. The minimum absolute atomic E-state index is 0.103. The van der Waals surface area contributed by atoms with Gasteiger partial charge in [0.15, 0.2) is 0 Å². The average Bonchev–Trinajstić information content (AvgIpc) is 2.09. The molecule has 1 atom stereocenters.